The minimum atomic E-state index is 0.585. The molecule has 1 aromatic carbocycles. The van der Waals surface area contributed by atoms with Crippen molar-refractivity contribution in [2.24, 2.45) is 0 Å². The third kappa shape index (κ3) is 1.46. The standard InChI is InChI=1S/C12H12N2/c1-9-5-2-3-6-10(9)11-7-4-8-14-12(11)13/h2-8H,1H3,(H2,13,14). The van der Waals surface area contributed by atoms with Crippen molar-refractivity contribution >= 4 is 5.82 Å². The van der Waals surface area contributed by atoms with Gasteiger partial charge in [0.15, 0.2) is 0 Å². The Morgan fingerprint density at radius 2 is 1.71 bits per heavy atom. The lowest BCUT2D eigenvalue weighted by Crippen LogP contribution is -1.93. The highest BCUT2D eigenvalue weighted by atomic mass is 14.8. The van der Waals surface area contributed by atoms with Gasteiger partial charge in [0.1, 0.15) is 5.82 Å². The predicted octanol–water partition coefficient (Wildman–Crippen LogP) is 2.64. The maximum Gasteiger partial charge on any atom is 0.131 e. The van der Waals surface area contributed by atoms with Crippen LogP contribution in [-0.2, 0) is 0 Å². The zero-order valence-electron chi connectivity index (χ0n) is 8.07. The first-order valence-corrected chi connectivity index (χ1v) is 4.55. The van der Waals surface area contributed by atoms with Crippen LogP contribution in [0.4, 0.5) is 5.82 Å². The number of aryl methyl sites for hydroxylation is 1. The molecule has 2 aromatic rings. The Labute approximate surface area is 83.4 Å². The molecule has 2 N–H and O–H groups in total. The summed E-state index contributed by atoms with van der Waals surface area (Å²) >= 11 is 0. The van der Waals surface area contributed by atoms with Crippen molar-refractivity contribution in [1.29, 1.82) is 0 Å². The number of nitrogen functional groups attached to an aromatic ring is 1. The van der Waals surface area contributed by atoms with Crippen LogP contribution < -0.4 is 5.73 Å². The lowest BCUT2D eigenvalue weighted by atomic mass is 10.0. The van der Waals surface area contributed by atoms with Crippen molar-refractivity contribution in [1.82, 2.24) is 4.98 Å². The summed E-state index contributed by atoms with van der Waals surface area (Å²) in [6.45, 7) is 2.07. The molecule has 0 atom stereocenters. The molecule has 70 valence electrons. The maximum atomic E-state index is 5.81. The van der Waals surface area contributed by atoms with Crippen LogP contribution in [0.15, 0.2) is 42.6 Å². The second-order valence-corrected chi connectivity index (χ2v) is 3.25. The third-order valence-corrected chi connectivity index (χ3v) is 2.27. The Hall–Kier alpha value is -1.83. The highest BCUT2D eigenvalue weighted by molar-refractivity contribution is 5.75. The first-order chi connectivity index (χ1) is 6.79. The van der Waals surface area contributed by atoms with Gasteiger partial charge in [0.2, 0.25) is 0 Å². The van der Waals surface area contributed by atoms with E-state index in [1.807, 2.05) is 24.3 Å². The average Bonchev–Trinajstić information content (AvgIpc) is 2.20. The Balaban J connectivity index is 2.61. The van der Waals surface area contributed by atoms with Crippen molar-refractivity contribution in [3.8, 4) is 11.1 Å². The number of nitrogens with two attached hydrogens (primary N) is 1. The fourth-order valence-corrected chi connectivity index (χ4v) is 1.52. The minimum absolute atomic E-state index is 0.585. The number of benzene rings is 1. The van der Waals surface area contributed by atoms with E-state index in [4.69, 9.17) is 5.73 Å². The van der Waals surface area contributed by atoms with Crippen LogP contribution in [0.2, 0.25) is 0 Å². The number of rotatable bonds is 1. The van der Waals surface area contributed by atoms with E-state index >= 15 is 0 Å². The zero-order valence-corrected chi connectivity index (χ0v) is 8.07. The monoisotopic (exact) mass is 184 g/mol. The van der Waals surface area contributed by atoms with Gasteiger partial charge in [-0.15, -0.1) is 0 Å². The van der Waals surface area contributed by atoms with E-state index in [9.17, 15) is 0 Å². The van der Waals surface area contributed by atoms with Gasteiger partial charge in [-0.1, -0.05) is 24.3 Å². The Morgan fingerprint density at radius 1 is 1.00 bits per heavy atom. The molecule has 0 aliphatic rings. The largest absolute Gasteiger partial charge is 0.383 e. The van der Waals surface area contributed by atoms with E-state index in [2.05, 4.69) is 24.0 Å². The molecule has 0 radical (unpaired) electrons. The molecule has 1 aromatic heterocycles. The summed E-state index contributed by atoms with van der Waals surface area (Å²) in [5.41, 5.74) is 9.18. The fraction of sp³-hybridized carbons (Fsp3) is 0.0833. The van der Waals surface area contributed by atoms with Crippen molar-refractivity contribution in [3.63, 3.8) is 0 Å². The summed E-state index contributed by atoms with van der Waals surface area (Å²) in [5, 5.41) is 0. The van der Waals surface area contributed by atoms with Crippen molar-refractivity contribution in [2.75, 3.05) is 5.73 Å². The van der Waals surface area contributed by atoms with Crippen LogP contribution in [0.25, 0.3) is 11.1 Å². The van der Waals surface area contributed by atoms with Crippen LogP contribution in [0.5, 0.6) is 0 Å². The van der Waals surface area contributed by atoms with Crippen molar-refractivity contribution in [3.05, 3.63) is 48.2 Å². The number of aromatic nitrogens is 1. The molecule has 0 spiro atoms. The molecule has 2 heteroatoms. The molecule has 1 heterocycles. The van der Waals surface area contributed by atoms with Crippen molar-refractivity contribution < 1.29 is 0 Å². The van der Waals surface area contributed by atoms with E-state index in [1.54, 1.807) is 6.20 Å². The molecule has 2 rings (SSSR count). The lowest BCUT2D eigenvalue weighted by Gasteiger charge is -2.07. The molecule has 0 bridgehead atoms. The molecule has 0 aliphatic carbocycles. The number of anilines is 1. The summed E-state index contributed by atoms with van der Waals surface area (Å²) in [5.74, 6) is 0.585. The van der Waals surface area contributed by atoms with Gasteiger partial charge >= 0.3 is 0 Å². The summed E-state index contributed by atoms with van der Waals surface area (Å²) in [7, 11) is 0. The topological polar surface area (TPSA) is 38.9 Å². The Morgan fingerprint density at radius 3 is 2.43 bits per heavy atom. The van der Waals surface area contributed by atoms with E-state index in [0.29, 0.717) is 5.82 Å². The van der Waals surface area contributed by atoms with Gasteiger partial charge in [-0.3, -0.25) is 0 Å². The Kier molecular flexibility index (Phi) is 2.19. The molecule has 0 amide bonds. The van der Waals surface area contributed by atoms with E-state index in [-0.39, 0.29) is 0 Å². The number of hydrogen-bond acceptors (Lipinski definition) is 2. The normalized spacial score (nSPS) is 10.1. The first-order valence-electron chi connectivity index (χ1n) is 4.55. The SMILES string of the molecule is Cc1ccccc1-c1cccnc1N. The molecule has 0 saturated heterocycles. The van der Waals surface area contributed by atoms with E-state index < -0.39 is 0 Å². The zero-order chi connectivity index (χ0) is 9.97. The summed E-state index contributed by atoms with van der Waals surface area (Å²) in [6.07, 6.45) is 1.71. The third-order valence-electron chi connectivity index (χ3n) is 2.27. The second kappa shape index (κ2) is 3.50. The van der Waals surface area contributed by atoms with Crippen LogP contribution in [0, 0.1) is 6.92 Å². The molecule has 0 fully saturated rings. The van der Waals surface area contributed by atoms with E-state index in [1.165, 1.54) is 5.56 Å². The van der Waals surface area contributed by atoms with Gasteiger partial charge in [-0.2, -0.15) is 0 Å². The summed E-state index contributed by atoms with van der Waals surface area (Å²) < 4.78 is 0. The summed E-state index contributed by atoms with van der Waals surface area (Å²) in [4.78, 5) is 4.07. The van der Waals surface area contributed by atoms with Gasteiger partial charge in [0.25, 0.3) is 0 Å². The number of pyridine rings is 1. The van der Waals surface area contributed by atoms with Crippen molar-refractivity contribution in [2.45, 2.75) is 6.92 Å². The van der Waals surface area contributed by atoms with Crippen LogP contribution >= 0.6 is 0 Å². The molecular weight excluding hydrogens is 172 g/mol. The van der Waals surface area contributed by atoms with Gasteiger partial charge in [0.05, 0.1) is 0 Å². The minimum Gasteiger partial charge on any atom is -0.383 e. The maximum absolute atomic E-state index is 5.81. The predicted molar refractivity (Wildman–Crippen MR) is 58.8 cm³/mol. The lowest BCUT2D eigenvalue weighted by molar-refractivity contribution is 1.33. The molecule has 0 unspecified atom stereocenters. The van der Waals surface area contributed by atoms with E-state index in [0.717, 1.165) is 11.1 Å². The van der Waals surface area contributed by atoms with Crippen LogP contribution in [0.3, 0.4) is 0 Å². The fourth-order valence-electron chi connectivity index (χ4n) is 1.52. The van der Waals surface area contributed by atoms with Gasteiger partial charge in [0, 0.05) is 11.8 Å². The number of hydrogen-bond donors (Lipinski definition) is 1. The highest BCUT2D eigenvalue weighted by Gasteiger charge is 2.04. The molecule has 0 saturated carbocycles. The molecule has 0 aliphatic heterocycles. The first kappa shape index (κ1) is 8.75. The second-order valence-electron chi connectivity index (χ2n) is 3.25. The van der Waals surface area contributed by atoms with Crippen LogP contribution in [-0.4, -0.2) is 4.98 Å². The number of nitrogens with zero attached hydrogens (tertiary/aromatic N) is 1. The summed E-state index contributed by atoms with van der Waals surface area (Å²) in [6, 6.07) is 12.0. The highest BCUT2D eigenvalue weighted by Crippen LogP contribution is 2.26. The molecule has 2 nitrogen and oxygen atoms in total. The molecule has 14 heavy (non-hydrogen) atoms. The Bertz CT molecular complexity index is 406. The smallest absolute Gasteiger partial charge is 0.131 e. The molecular formula is C12H12N2. The average molecular weight is 184 g/mol. The van der Waals surface area contributed by atoms with Crippen LogP contribution in [0.1, 0.15) is 5.56 Å². The van der Waals surface area contributed by atoms with Gasteiger partial charge in [-0.05, 0) is 30.2 Å². The van der Waals surface area contributed by atoms with Gasteiger partial charge in [-0.25, -0.2) is 4.98 Å². The quantitative estimate of drug-likeness (QED) is 0.740. The van der Waals surface area contributed by atoms with Gasteiger partial charge < -0.3 is 5.73 Å².